The molecule has 2 atom stereocenters. The molecule has 6 heteroatoms. The zero-order valence-corrected chi connectivity index (χ0v) is 12.4. The number of amides is 3. The number of rotatable bonds is 2. The molecule has 3 fully saturated rings. The van der Waals surface area contributed by atoms with Gasteiger partial charge in [0, 0.05) is 43.0 Å². The second kappa shape index (κ2) is 5.28. The van der Waals surface area contributed by atoms with E-state index in [9.17, 15) is 9.59 Å². The number of benzene rings is 1. The number of fused-ring (bicyclic) bond motifs is 1. The first-order valence-electron chi connectivity index (χ1n) is 7.94. The molecule has 0 spiro atoms. The zero-order chi connectivity index (χ0) is 15.1. The minimum absolute atomic E-state index is 0.199. The molecule has 2 N–H and O–H groups in total. The number of hydrogen-bond donors (Lipinski definition) is 2. The van der Waals surface area contributed by atoms with Gasteiger partial charge in [-0.25, -0.2) is 4.79 Å². The molecule has 3 aliphatic heterocycles. The Balaban J connectivity index is 1.51. The Morgan fingerprint density at radius 1 is 1.00 bits per heavy atom. The van der Waals surface area contributed by atoms with Crippen molar-refractivity contribution in [1.29, 1.82) is 0 Å². The number of nitrogens with zero attached hydrogens (tertiary/aromatic N) is 2. The van der Waals surface area contributed by atoms with E-state index < -0.39 is 0 Å². The second-order valence-electron chi connectivity index (χ2n) is 6.17. The summed E-state index contributed by atoms with van der Waals surface area (Å²) in [4.78, 5) is 27.2. The van der Waals surface area contributed by atoms with Crippen molar-refractivity contribution in [2.75, 3.05) is 29.4 Å². The average molecular weight is 300 g/mol. The largest absolute Gasteiger partial charge is 0.367 e. The predicted molar refractivity (Wildman–Crippen MR) is 84.1 cm³/mol. The van der Waals surface area contributed by atoms with Gasteiger partial charge in [0.05, 0.1) is 0 Å². The molecule has 0 aliphatic carbocycles. The Kier molecular flexibility index (Phi) is 3.26. The highest BCUT2D eigenvalue weighted by Gasteiger charge is 2.37. The summed E-state index contributed by atoms with van der Waals surface area (Å²) in [6, 6.07) is 9.01. The predicted octanol–water partition coefficient (Wildman–Crippen LogP) is 1.07. The fourth-order valence-electron chi connectivity index (χ4n) is 3.82. The maximum absolute atomic E-state index is 11.9. The van der Waals surface area contributed by atoms with Crippen molar-refractivity contribution in [2.24, 2.45) is 0 Å². The van der Waals surface area contributed by atoms with E-state index in [1.165, 1.54) is 18.5 Å². The van der Waals surface area contributed by atoms with E-state index in [1.54, 1.807) is 4.90 Å². The van der Waals surface area contributed by atoms with Crippen molar-refractivity contribution in [3.8, 4) is 0 Å². The van der Waals surface area contributed by atoms with Gasteiger partial charge in [-0.1, -0.05) is 0 Å². The zero-order valence-electron chi connectivity index (χ0n) is 12.4. The molecule has 6 nitrogen and oxygen atoms in total. The van der Waals surface area contributed by atoms with Gasteiger partial charge in [0.15, 0.2) is 0 Å². The van der Waals surface area contributed by atoms with E-state index in [0.29, 0.717) is 25.0 Å². The number of urea groups is 1. The molecule has 0 saturated carbocycles. The van der Waals surface area contributed by atoms with Gasteiger partial charge in [0.25, 0.3) is 0 Å². The number of imide groups is 1. The average Bonchev–Trinajstić information content (AvgIpc) is 3.10. The lowest BCUT2D eigenvalue weighted by atomic mass is 10.1. The standard InChI is InChI=1S/C16H20N4O2/c21-15-7-10-20(16(22)18-15)12-3-1-11(2-4-12)19-9-6-13-14(19)5-8-17-13/h1-4,13-14,17H,5-10H2,(H,18,21,22)/t13-,14-/m0/s1. The molecule has 3 aliphatic rings. The summed E-state index contributed by atoms with van der Waals surface area (Å²) >= 11 is 0. The maximum atomic E-state index is 11.9. The van der Waals surface area contributed by atoms with Crippen LogP contribution < -0.4 is 20.4 Å². The molecule has 0 unspecified atom stereocenters. The Labute approximate surface area is 129 Å². The van der Waals surface area contributed by atoms with Crippen molar-refractivity contribution >= 4 is 23.3 Å². The monoisotopic (exact) mass is 300 g/mol. The van der Waals surface area contributed by atoms with Crippen LogP contribution in [-0.2, 0) is 4.79 Å². The SMILES string of the molecule is O=C1CCN(c2ccc(N3CC[C@@H]4NCC[C@@H]43)cc2)C(=O)N1. The Morgan fingerprint density at radius 2 is 1.77 bits per heavy atom. The van der Waals surface area contributed by atoms with Crippen LogP contribution >= 0.6 is 0 Å². The van der Waals surface area contributed by atoms with Gasteiger partial charge in [-0.2, -0.15) is 0 Å². The number of carbonyl (C=O) groups is 2. The van der Waals surface area contributed by atoms with Gasteiger partial charge in [-0.05, 0) is 43.7 Å². The van der Waals surface area contributed by atoms with E-state index in [0.717, 1.165) is 18.8 Å². The first-order valence-corrected chi connectivity index (χ1v) is 7.94. The van der Waals surface area contributed by atoms with Crippen LogP contribution in [0.5, 0.6) is 0 Å². The molecule has 22 heavy (non-hydrogen) atoms. The third kappa shape index (κ3) is 2.23. The molecule has 0 bridgehead atoms. The van der Waals surface area contributed by atoms with E-state index in [-0.39, 0.29) is 11.9 Å². The maximum Gasteiger partial charge on any atom is 0.328 e. The van der Waals surface area contributed by atoms with Crippen molar-refractivity contribution in [3.05, 3.63) is 24.3 Å². The number of nitrogens with one attached hydrogen (secondary N) is 2. The molecule has 1 aromatic carbocycles. The first-order chi connectivity index (χ1) is 10.7. The van der Waals surface area contributed by atoms with Crippen molar-refractivity contribution in [1.82, 2.24) is 10.6 Å². The number of hydrogen-bond acceptors (Lipinski definition) is 4. The molecular weight excluding hydrogens is 280 g/mol. The molecule has 3 saturated heterocycles. The lowest BCUT2D eigenvalue weighted by Crippen LogP contribution is -2.49. The smallest absolute Gasteiger partial charge is 0.328 e. The summed E-state index contributed by atoms with van der Waals surface area (Å²) in [6.45, 7) is 2.63. The van der Waals surface area contributed by atoms with E-state index >= 15 is 0 Å². The van der Waals surface area contributed by atoms with Gasteiger partial charge in [-0.3, -0.25) is 15.0 Å². The molecule has 1 aromatic rings. The minimum Gasteiger partial charge on any atom is -0.367 e. The van der Waals surface area contributed by atoms with Crippen LogP contribution in [0.2, 0.25) is 0 Å². The summed E-state index contributed by atoms with van der Waals surface area (Å²) < 4.78 is 0. The molecule has 0 aromatic heterocycles. The van der Waals surface area contributed by atoms with Gasteiger partial charge in [0.2, 0.25) is 5.91 Å². The number of carbonyl (C=O) groups excluding carboxylic acids is 2. The molecule has 4 rings (SSSR count). The van der Waals surface area contributed by atoms with Crippen LogP contribution in [-0.4, -0.2) is 43.7 Å². The van der Waals surface area contributed by atoms with Crippen molar-refractivity contribution in [3.63, 3.8) is 0 Å². The summed E-state index contributed by atoms with van der Waals surface area (Å²) in [5.74, 6) is -0.199. The Morgan fingerprint density at radius 3 is 2.55 bits per heavy atom. The van der Waals surface area contributed by atoms with Gasteiger partial charge in [-0.15, -0.1) is 0 Å². The fraction of sp³-hybridized carbons (Fsp3) is 0.500. The molecule has 116 valence electrons. The quantitative estimate of drug-likeness (QED) is 0.857. The topological polar surface area (TPSA) is 64.7 Å². The van der Waals surface area contributed by atoms with Crippen LogP contribution in [0.1, 0.15) is 19.3 Å². The Hall–Kier alpha value is -2.08. The lowest BCUT2D eigenvalue weighted by Gasteiger charge is -2.28. The molecule has 3 heterocycles. The lowest BCUT2D eigenvalue weighted by molar-refractivity contribution is -0.120. The highest BCUT2D eigenvalue weighted by molar-refractivity contribution is 6.05. The number of anilines is 2. The highest BCUT2D eigenvalue weighted by atomic mass is 16.2. The Bertz CT molecular complexity index is 601. The summed E-state index contributed by atoms with van der Waals surface area (Å²) in [6.07, 6.45) is 2.75. The summed E-state index contributed by atoms with van der Waals surface area (Å²) in [5, 5.41) is 5.91. The van der Waals surface area contributed by atoms with Crippen LogP contribution in [0.25, 0.3) is 0 Å². The van der Waals surface area contributed by atoms with Crippen molar-refractivity contribution < 1.29 is 9.59 Å². The van der Waals surface area contributed by atoms with Crippen LogP contribution in [0.4, 0.5) is 16.2 Å². The molecular formula is C16H20N4O2. The van der Waals surface area contributed by atoms with E-state index in [2.05, 4.69) is 27.7 Å². The van der Waals surface area contributed by atoms with Gasteiger partial charge >= 0.3 is 6.03 Å². The summed E-state index contributed by atoms with van der Waals surface area (Å²) in [7, 11) is 0. The normalized spacial score (nSPS) is 28.0. The molecule has 3 amide bonds. The first kappa shape index (κ1) is 13.6. The minimum atomic E-state index is -0.328. The van der Waals surface area contributed by atoms with Gasteiger partial charge < -0.3 is 10.2 Å². The third-order valence-corrected chi connectivity index (χ3v) is 4.94. The van der Waals surface area contributed by atoms with Crippen LogP contribution in [0, 0.1) is 0 Å². The third-order valence-electron chi connectivity index (χ3n) is 4.94. The molecule has 0 radical (unpaired) electrons. The summed E-state index contributed by atoms with van der Waals surface area (Å²) in [5.41, 5.74) is 2.06. The van der Waals surface area contributed by atoms with E-state index in [1.807, 2.05) is 12.1 Å². The second-order valence-corrected chi connectivity index (χ2v) is 6.17. The van der Waals surface area contributed by atoms with Crippen molar-refractivity contribution in [2.45, 2.75) is 31.3 Å². The fourth-order valence-corrected chi connectivity index (χ4v) is 3.82. The van der Waals surface area contributed by atoms with Crippen LogP contribution in [0.3, 0.4) is 0 Å². The van der Waals surface area contributed by atoms with E-state index in [4.69, 9.17) is 0 Å². The highest BCUT2D eigenvalue weighted by Crippen LogP contribution is 2.31. The van der Waals surface area contributed by atoms with Gasteiger partial charge in [0.1, 0.15) is 0 Å². The van der Waals surface area contributed by atoms with Crippen LogP contribution in [0.15, 0.2) is 24.3 Å².